The minimum absolute atomic E-state index is 0.0102. The Hall–Kier alpha value is -1.49. The van der Waals surface area contributed by atoms with E-state index in [0.717, 1.165) is 12.1 Å². The Kier molecular flexibility index (Phi) is 4.38. The van der Waals surface area contributed by atoms with Crippen molar-refractivity contribution in [1.29, 1.82) is 0 Å². The molecular formula is C13H8Cl3FN2O. The Balaban J connectivity index is 2.36. The van der Waals surface area contributed by atoms with E-state index in [9.17, 15) is 9.18 Å². The molecule has 0 spiro atoms. The number of para-hydroxylation sites is 1. The van der Waals surface area contributed by atoms with Crippen LogP contribution in [0, 0.1) is 5.82 Å². The molecule has 0 aliphatic carbocycles. The number of hydrogen-bond acceptors (Lipinski definition) is 2. The van der Waals surface area contributed by atoms with Gasteiger partial charge in [-0.05, 0) is 24.3 Å². The molecule has 1 amide bonds. The van der Waals surface area contributed by atoms with Crippen LogP contribution in [0.2, 0.25) is 15.1 Å². The minimum atomic E-state index is -0.597. The Bertz CT molecular complexity index is 668. The SMILES string of the molecule is Nc1c(Cl)cccc1C(=O)Nc1c(Cl)cc(F)cc1Cl. The molecule has 0 radical (unpaired) electrons. The number of carbonyl (C=O) groups excluding carboxylic acids is 1. The van der Waals surface area contributed by atoms with Gasteiger partial charge in [0.15, 0.2) is 0 Å². The number of nitrogen functional groups attached to an aromatic ring is 1. The van der Waals surface area contributed by atoms with Crippen LogP contribution in [0.3, 0.4) is 0 Å². The third-order valence-corrected chi connectivity index (χ3v) is 3.47. The molecule has 0 fully saturated rings. The summed E-state index contributed by atoms with van der Waals surface area (Å²) in [4.78, 5) is 12.1. The molecule has 20 heavy (non-hydrogen) atoms. The third-order valence-electron chi connectivity index (χ3n) is 2.54. The summed E-state index contributed by atoms with van der Waals surface area (Å²) in [6.45, 7) is 0. The maximum atomic E-state index is 13.1. The first-order valence-corrected chi connectivity index (χ1v) is 6.53. The van der Waals surface area contributed by atoms with Crippen LogP contribution in [0.25, 0.3) is 0 Å². The van der Waals surface area contributed by atoms with Gasteiger partial charge in [0.2, 0.25) is 0 Å². The number of benzene rings is 2. The molecule has 2 rings (SSSR count). The second kappa shape index (κ2) is 5.87. The quantitative estimate of drug-likeness (QED) is 0.788. The van der Waals surface area contributed by atoms with Crippen LogP contribution in [0.15, 0.2) is 30.3 Å². The van der Waals surface area contributed by atoms with Gasteiger partial charge in [-0.3, -0.25) is 4.79 Å². The number of rotatable bonds is 2. The zero-order valence-electron chi connectivity index (χ0n) is 9.88. The van der Waals surface area contributed by atoms with E-state index in [1.807, 2.05) is 0 Å². The van der Waals surface area contributed by atoms with Crippen molar-refractivity contribution in [3.05, 3.63) is 56.8 Å². The summed E-state index contributed by atoms with van der Waals surface area (Å²) in [5.41, 5.74) is 6.14. The average Bonchev–Trinajstić information content (AvgIpc) is 2.36. The molecular weight excluding hydrogens is 326 g/mol. The van der Waals surface area contributed by atoms with E-state index in [-0.39, 0.29) is 32.0 Å². The van der Waals surface area contributed by atoms with Gasteiger partial charge < -0.3 is 11.1 Å². The van der Waals surface area contributed by atoms with E-state index >= 15 is 0 Å². The number of anilines is 2. The van der Waals surface area contributed by atoms with Gasteiger partial charge >= 0.3 is 0 Å². The van der Waals surface area contributed by atoms with Crippen LogP contribution in [-0.2, 0) is 0 Å². The molecule has 0 saturated heterocycles. The number of hydrogen-bond donors (Lipinski definition) is 2. The van der Waals surface area contributed by atoms with E-state index in [0.29, 0.717) is 0 Å². The largest absolute Gasteiger partial charge is 0.397 e. The fourth-order valence-electron chi connectivity index (χ4n) is 1.58. The van der Waals surface area contributed by atoms with Crippen molar-refractivity contribution in [3.8, 4) is 0 Å². The maximum Gasteiger partial charge on any atom is 0.257 e. The molecule has 0 atom stereocenters. The molecule has 0 heterocycles. The van der Waals surface area contributed by atoms with Crippen LogP contribution in [0.4, 0.5) is 15.8 Å². The van der Waals surface area contributed by atoms with Gasteiger partial charge in [-0.2, -0.15) is 0 Å². The van der Waals surface area contributed by atoms with Crippen LogP contribution in [0.1, 0.15) is 10.4 Å². The molecule has 7 heteroatoms. The molecule has 0 aromatic heterocycles. The van der Waals surface area contributed by atoms with Crippen LogP contribution < -0.4 is 11.1 Å². The molecule has 0 aliphatic rings. The highest BCUT2D eigenvalue weighted by molar-refractivity contribution is 6.40. The van der Waals surface area contributed by atoms with Crippen molar-refractivity contribution in [3.63, 3.8) is 0 Å². The summed E-state index contributed by atoms with van der Waals surface area (Å²) in [5.74, 6) is -1.14. The molecule has 2 aromatic carbocycles. The molecule has 0 aliphatic heterocycles. The predicted octanol–water partition coefficient (Wildman–Crippen LogP) is 4.62. The van der Waals surface area contributed by atoms with E-state index in [4.69, 9.17) is 40.5 Å². The van der Waals surface area contributed by atoms with E-state index in [2.05, 4.69) is 5.32 Å². The van der Waals surface area contributed by atoms with Gasteiger partial charge in [-0.1, -0.05) is 40.9 Å². The zero-order valence-corrected chi connectivity index (χ0v) is 12.2. The van der Waals surface area contributed by atoms with Crippen molar-refractivity contribution in [2.75, 3.05) is 11.1 Å². The van der Waals surface area contributed by atoms with Crippen molar-refractivity contribution >= 4 is 52.1 Å². The summed E-state index contributed by atoms with van der Waals surface area (Å²) >= 11 is 17.5. The summed E-state index contributed by atoms with van der Waals surface area (Å²) in [6.07, 6.45) is 0. The van der Waals surface area contributed by atoms with Gasteiger partial charge in [0, 0.05) is 0 Å². The smallest absolute Gasteiger partial charge is 0.257 e. The second-order valence-electron chi connectivity index (χ2n) is 3.90. The van der Waals surface area contributed by atoms with Gasteiger partial charge in [0.25, 0.3) is 5.91 Å². The number of nitrogens with one attached hydrogen (secondary N) is 1. The fourth-order valence-corrected chi connectivity index (χ4v) is 2.31. The Labute approximate surface area is 129 Å². The number of carbonyl (C=O) groups is 1. The standard InChI is InChI=1S/C13H8Cl3FN2O/c14-8-3-1-2-7(11(8)18)13(20)19-12-9(15)4-6(17)5-10(12)16/h1-5H,18H2,(H,19,20). The summed E-state index contributed by atoms with van der Waals surface area (Å²) in [6, 6.07) is 6.74. The Morgan fingerprint density at radius 2 is 1.70 bits per heavy atom. The van der Waals surface area contributed by atoms with Gasteiger partial charge in [0.1, 0.15) is 5.82 Å². The lowest BCUT2D eigenvalue weighted by atomic mass is 10.1. The molecule has 104 valence electrons. The first-order valence-electron chi connectivity index (χ1n) is 5.40. The summed E-state index contributed by atoms with van der Waals surface area (Å²) < 4.78 is 13.1. The normalized spacial score (nSPS) is 10.4. The third kappa shape index (κ3) is 2.98. The summed E-state index contributed by atoms with van der Waals surface area (Å²) in [7, 11) is 0. The lowest BCUT2D eigenvalue weighted by molar-refractivity contribution is 0.102. The predicted molar refractivity (Wildman–Crippen MR) is 80.2 cm³/mol. The fraction of sp³-hybridized carbons (Fsp3) is 0. The molecule has 0 saturated carbocycles. The Morgan fingerprint density at radius 3 is 2.30 bits per heavy atom. The number of halogens is 4. The highest BCUT2D eigenvalue weighted by atomic mass is 35.5. The minimum Gasteiger partial charge on any atom is -0.397 e. The molecule has 0 unspecified atom stereocenters. The first-order chi connectivity index (χ1) is 9.40. The zero-order chi connectivity index (χ0) is 14.9. The number of nitrogens with two attached hydrogens (primary N) is 1. The molecule has 3 nitrogen and oxygen atoms in total. The first kappa shape index (κ1) is 14.9. The monoisotopic (exact) mass is 332 g/mol. The highest BCUT2D eigenvalue weighted by Crippen LogP contribution is 2.32. The van der Waals surface area contributed by atoms with Gasteiger partial charge in [0.05, 0.1) is 32.0 Å². The van der Waals surface area contributed by atoms with Crippen LogP contribution in [0.5, 0.6) is 0 Å². The topological polar surface area (TPSA) is 55.1 Å². The lowest BCUT2D eigenvalue weighted by Crippen LogP contribution is -2.15. The average molecular weight is 334 g/mol. The molecule has 3 N–H and O–H groups in total. The van der Waals surface area contributed by atoms with Crippen LogP contribution in [-0.4, -0.2) is 5.91 Å². The van der Waals surface area contributed by atoms with Crippen molar-refractivity contribution in [2.45, 2.75) is 0 Å². The maximum absolute atomic E-state index is 13.1. The van der Waals surface area contributed by atoms with Gasteiger partial charge in [-0.15, -0.1) is 0 Å². The number of amides is 1. The second-order valence-corrected chi connectivity index (χ2v) is 5.12. The molecule has 0 bridgehead atoms. The molecule has 2 aromatic rings. The van der Waals surface area contributed by atoms with Crippen molar-refractivity contribution in [1.82, 2.24) is 0 Å². The van der Waals surface area contributed by atoms with E-state index in [1.165, 1.54) is 6.07 Å². The van der Waals surface area contributed by atoms with Gasteiger partial charge in [-0.25, -0.2) is 4.39 Å². The Morgan fingerprint density at radius 1 is 1.10 bits per heavy atom. The lowest BCUT2D eigenvalue weighted by Gasteiger charge is -2.11. The van der Waals surface area contributed by atoms with E-state index in [1.54, 1.807) is 12.1 Å². The van der Waals surface area contributed by atoms with Crippen molar-refractivity contribution in [2.24, 2.45) is 0 Å². The van der Waals surface area contributed by atoms with Crippen LogP contribution >= 0.6 is 34.8 Å². The van der Waals surface area contributed by atoms with E-state index < -0.39 is 11.7 Å². The summed E-state index contributed by atoms with van der Waals surface area (Å²) in [5, 5.41) is 2.72. The van der Waals surface area contributed by atoms with Crippen molar-refractivity contribution < 1.29 is 9.18 Å². The highest BCUT2D eigenvalue weighted by Gasteiger charge is 2.16.